The van der Waals surface area contributed by atoms with Gasteiger partial charge in [0.15, 0.2) is 0 Å². The van der Waals surface area contributed by atoms with Crippen LogP contribution in [-0.4, -0.2) is 44.8 Å². The molecule has 2 aromatic rings. The Morgan fingerprint density at radius 1 is 1.24 bits per heavy atom. The van der Waals surface area contributed by atoms with Crippen LogP contribution in [-0.2, 0) is 28.7 Å². The number of hydrogen-bond acceptors (Lipinski definition) is 8. The lowest BCUT2D eigenvalue weighted by atomic mass is 10.2. The number of imidazole rings is 1. The number of aryl methyl sites for hydroxylation is 3. The number of nitrogens with zero attached hydrogens (tertiary/aromatic N) is 4. The summed E-state index contributed by atoms with van der Waals surface area (Å²) in [7, 11) is 2.30. The van der Waals surface area contributed by atoms with Crippen LogP contribution in [0.1, 0.15) is 18.4 Å². The summed E-state index contributed by atoms with van der Waals surface area (Å²) in [4.78, 5) is 0. The van der Waals surface area contributed by atoms with Crippen LogP contribution in [0.2, 0.25) is 0 Å². The van der Waals surface area contributed by atoms with Gasteiger partial charge in [0.1, 0.15) is 5.69 Å². The summed E-state index contributed by atoms with van der Waals surface area (Å²) in [6.45, 7) is 4.11. The molecular weight excluding hydrogens is 396 g/mol. The molecule has 0 saturated heterocycles. The first-order valence-electron chi connectivity index (χ1n) is 9.11. The molecule has 0 amide bonds. The average molecular weight is 427 g/mol. The second kappa shape index (κ2) is 12.3. The molecule has 162 valence electrons. The third kappa shape index (κ3) is 9.61. The van der Waals surface area contributed by atoms with Gasteiger partial charge in [0.25, 0.3) is 0 Å². The molecule has 0 fully saturated rings. The Balaban J connectivity index is 0.000000612. The topological polar surface area (TPSA) is 124 Å². The van der Waals surface area contributed by atoms with Gasteiger partial charge in [-0.2, -0.15) is 0 Å². The molecule has 0 unspecified atom stereocenters. The maximum atomic E-state index is 9.22. The maximum Gasteiger partial charge on any atom is 0.421 e. The molecule has 0 spiro atoms. The fourth-order valence-electron chi connectivity index (χ4n) is 2.36. The number of rotatable bonds is 9. The van der Waals surface area contributed by atoms with Crippen LogP contribution in [0.5, 0.6) is 0 Å². The van der Waals surface area contributed by atoms with Crippen LogP contribution in [0.4, 0.5) is 17.3 Å². The molecule has 0 saturated carbocycles. The van der Waals surface area contributed by atoms with Crippen molar-refractivity contribution >= 4 is 27.7 Å². The highest BCUT2D eigenvalue weighted by molar-refractivity contribution is 7.80. The lowest BCUT2D eigenvalue weighted by Gasteiger charge is -2.07. The third-order valence-electron chi connectivity index (χ3n) is 3.98. The van der Waals surface area contributed by atoms with E-state index >= 15 is 0 Å². The van der Waals surface area contributed by atoms with Gasteiger partial charge in [-0.05, 0) is 57.1 Å². The van der Waals surface area contributed by atoms with E-state index in [1.54, 1.807) is 0 Å². The van der Waals surface area contributed by atoms with Crippen molar-refractivity contribution in [3.05, 3.63) is 36.2 Å². The molecule has 11 heteroatoms. The zero-order valence-corrected chi connectivity index (χ0v) is 18.4. The molecule has 1 aromatic carbocycles. The lowest BCUT2D eigenvalue weighted by Crippen LogP contribution is -2.25. The van der Waals surface area contributed by atoms with Crippen molar-refractivity contribution in [2.45, 2.75) is 19.8 Å². The van der Waals surface area contributed by atoms with Gasteiger partial charge < -0.3 is 15.2 Å². The summed E-state index contributed by atoms with van der Waals surface area (Å²) in [6, 6.07) is 6.19. The summed E-state index contributed by atoms with van der Waals surface area (Å²) in [6.07, 6.45) is 6.26. The molecule has 0 aliphatic carbocycles. The molecule has 2 rings (SSSR count). The molecule has 1 heterocycles. The summed E-state index contributed by atoms with van der Waals surface area (Å²) in [5, 5.41) is 15.3. The zero-order chi connectivity index (χ0) is 21.9. The molecule has 0 aliphatic rings. The van der Waals surface area contributed by atoms with E-state index in [2.05, 4.69) is 44.1 Å². The minimum absolute atomic E-state index is 0.808. The Labute approximate surface area is 172 Å². The van der Waals surface area contributed by atoms with Gasteiger partial charge in [-0.1, -0.05) is 5.11 Å². The van der Waals surface area contributed by atoms with E-state index in [4.69, 9.17) is 0 Å². The van der Waals surface area contributed by atoms with Crippen LogP contribution in [0.15, 0.2) is 40.8 Å². The number of unbranched alkanes of at least 4 members (excludes halogenated alkanes) is 1. The van der Waals surface area contributed by atoms with Gasteiger partial charge in [-0.3, -0.25) is 4.18 Å². The summed E-state index contributed by atoms with van der Waals surface area (Å²) < 4.78 is 34.9. The van der Waals surface area contributed by atoms with Crippen molar-refractivity contribution < 1.29 is 21.7 Å². The summed E-state index contributed by atoms with van der Waals surface area (Å²) >= 11 is 0. The Bertz CT molecular complexity index is 876. The van der Waals surface area contributed by atoms with Crippen molar-refractivity contribution in [2.24, 2.45) is 24.3 Å². The van der Waals surface area contributed by atoms with Gasteiger partial charge in [-0.25, -0.2) is 17.6 Å². The number of nitrogens with one attached hydrogen (secondary N) is 2. The van der Waals surface area contributed by atoms with E-state index in [0.717, 1.165) is 49.5 Å². The lowest BCUT2D eigenvalue weighted by molar-refractivity contribution is -0.657. The molecular formula is C18H30N6O4S. The van der Waals surface area contributed by atoms with E-state index < -0.39 is 10.4 Å². The SMILES string of the molecule is CNCCCCNc1ccc(N=Nc2n(C)cc[n+]2C)c(C)c1.COS(=O)(=O)[O-]. The van der Waals surface area contributed by atoms with Crippen LogP contribution in [0, 0.1) is 6.92 Å². The molecule has 1 aromatic heterocycles. The fourth-order valence-corrected chi connectivity index (χ4v) is 2.36. The van der Waals surface area contributed by atoms with Crippen LogP contribution in [0.3, 0.4) is 0 Å². The van der Waals surface area contributed by atoms with Crippen molar-refractivity contribution in [3.63, 3.8) is 0 Å². The molecule has 0 radical (unpaired) electrons. The van der Waals surface area contributed by atoms with Crippen LogP contribution < -0.4 is 15.2 Å². The van der Waals surface area contributed by atoms with Crippen molar-refractivity contribution in [1.82, 2.24) is 9.88 Å². The number of hydrogen-bond donors (Lipinski definition) is 2. The van der Waals surface area contributed by atoms with Gasteiger partial charge in [0, 0.05) is 17.3 Å². The van der Waals surface area contributed by atoms with E-state index in [-0.39, 0.29) is 0 Å². The molecule has 0 atom stereocenters. The normalized spacial score (nSPS) is 11.4. The van der Waals surface area contributed by atoms with Gasteiger partial charge >= 0.3 is 5.95 Å². The van der Waals surface area contributed by atoms with Crippen molar-refractivity contribution in [2.75, 3.05) is 32.6 Å². The standard InChI is InChI=1S/C17H26N6.CH4O4S/c1-14-13-15(19-10-6-5-9-18-2)7-8-16(14)20-21-17-22(3)11-12-23(17)4;1-5-6(2,3)4/h7-8,11-13,18H,5-6,9-10H2,1-4H3;1H3,(H,2,3,4). The highest BCUT2D eigenvalue weighted by atomic mass is 32.3. The highest BCUT2D eigenvalue weighted by Gasteiger charge is 2.10. The second-order valence-corrected chi connectivity index (χ2v) is 7.48. The molecule has 10 nitrogen and oxygen atoms in total. The predicted molar refractivity (Wildman–Crippen MR) is 110 cm³/mol. The van der Waals surface area contributed by atoms with Crippen LogP contribution >= 0.6 is 0 Å². The first-order valence-corrected chi connectivity index (χ1v) is 10.4. The predicted octanol–water partition coefficient (Wildman–Crippen LogP) is 2.08. The number of anilines is 1. The monoisotopic (exact) mass is 426 g/mol. The Morgan fingerprint density at radius 3 is 2.41 bits per heavy atom. The minimum Gasteiger partial charge on any atom is -0.726 e. The van der Waals surface area contributed by atoms with E-state index in [0.29, 0.717) is 0 Å². The quantitative estimate of drug-likeness (QED) is 0.208. The Kier molecular flexibility index (Phi) is 10.5. The smallest absolute Gasteiger partial charge is 0.421 e. The van der Waals surface area contributed by atoms with Gasteiger partial charge in [-0.15, -0.1) is 0 Å². The minimum atomic E-state index is -4.41. The van der Waals surface area contributed by atoms with Crippen molar-refractivity contribution in [1.29, 1.82) is 0 Å². The molecule has 0 bridgehead atoms. The number of benzene rings is 1. The van der Waals surface area contributed by atoms with E-state index in [1.807, 2.05) is 48.7 Å². The Hall–Kier alpha value is -2.34. The van der Waals surface area contributed by atoms with Crippen molar-refractivity contribution in [3.8, 4) is 0 Å². The number of azo groups is 1. The maximum absolute atomic E-state index is 9.22. The molecule has 29 heavy (non-hydrogen) atoms. The average Bonchev–Trinajstić information content (AvgIpc) is 2.99. The van der Waals surface area contributed by atoms with Crippen LogP contribution in [0.25, 0.3) is 0 Å². The Morgan fingerprint density at radius 2 is 1.90 bits per heavy atom. The third-order valence-corrected chi connectivity index (χ3v) is 4.38. The fraction of sp³-hybridized carbons (Fsp3) is 0.500. The van der Waals surface area contributed by atoms with E-state index in [1.165, 1.54) is 6.42 Å². The van der Waals surface area contributed by atoms with Gasteiger partial charge in [0.2, 0.25) is 10.4 Å². The van der Waals surface area contributed by atoms with Gasteiger partial charge in [0.05, 0.1) is 33.6 Å². The summed E-state index contributed by atoms with van der Waals surface area (Å²) in [5.74, 6) is 0.816. The molecule has 2 N–H and O–H groups in total. The highest BCUT2D eigenvalue weighted by Crippen LogP contribution is 2.24. The molecule has 0 aliphatic heterocycles. The first-order chi connectivity index (χ1) is 13.7. The number of aromatic nitrogens is 2. The second-order valence-electron chi connectivity index (χ2n) is 6.33. The largest absolute Gasteiger partial charge is 0.726 e. The first kappa shape index (κ1) is 24.7. The summed E-state index contributed by atoms with van der Waals surface area (Å²) in [5.41, 5.74) is 3.15. The zero-order valence-electron chi connectivity index (χ0n) is 17.5. The van der Waals surface area contributed by atoms with E-state index in [9.17, 15) is 13.0 Å².